The van der Waals surface area contributed by atoms with Gasteiger partial charge in [0.2, 0.25) is 10.4 Å². The minimum atomic E-state index is -4.42. The highest BCUT2D eigenvalue weighted by Crippen LogP contribution is 2.35. The van der Waals surface area contributed by atoms with Crippen LogP contribution < -0.4 is 4.74 Å². The van der Waals surface area contributed by atoms with Crippen molar-refractivity contribution in [3.05, 3.63) is 41.5 Å². The van der Waals surface area contributed by atoms with Crippen molar-refractivity contribution in [3.63, 3.8) is 0 Å². The van der Waals surface area contributed by atoms with Crippen LogP contribution >= 0.6 is 0 Å². The summed E-state index contributed by atoms with van der Waals surface area (Å²) in [4.78, 5) is 27.2. The van der Waals surface area contributed by atoms with Crippen LogP contribution in [0, 0.1) is 0 Å². The minimum absolute atomic E-state index is 0.0914. The van der Waals surface area contributed by atoms with E-state index in [9.17, 15) is 22.6 Å². The van der Waals surface area contributed by atoms with Gasteiger partial charge in [-0.2, -0.15) is 0 Å². The fourth-order valence-electron chi connectivity index (χ4n) is 3.46. The number of quaternary nitrogens is 1. The van der Waals surface area contributed by atoms with E-state index in [0.717, 1.165) is 29.4 Å². The van der Waals surface area contributed by atoms with Crippen LogP contribution in [-0.2, 0) is 14.6 Å². The lowest BCUT2D eigenvalue weighted by atomic mass is 9.93. The monoisotopic (exact) mass is 466 g/mol. The first kappa shape index (κ1) is 25.7. The Bertz CT molecular complexity index is 1070. The Morgan fingerprint density at radius 2 is 1.66 bits per heavy atom. The molecule has 0 saturated heterocycles. The van der Waals surface area contributed by atoms with Crippen molar-refractivity contribution in [1.29, 1.82) is 0 Å². The molecule has 9 nitrogen and oxygen atoms in total. The molecule has 0 atom stereocenters. The van der Waals surface area contributed by atoms with Crippen LogP contribution in [0.5, 0.6) is 5.75 Å². The highest BCUT2D eigenvalue weighted by Gasteiger charge is 2.33. The maximum Gasteiger partial charge on any atom is 0.261 e. The Morgan fingerprint density at radius 3 is 2.16 bits per heavy atom. The second-order valence-corrected chi connectivity index (χ2v) is 9.00. The largest absolute Gasteiger partial charge is 0.726 e. The van der Waals surface area contributed by atoms with Crippen molar-refractivity contribution in [3.8, 4) is 5.75 Å². The van der Waals surface area contributed by atoms with Crippen LogP contribution in [0.3, 0.4) is 0 Å². The number of hydrogen-bond acceptors (Lipinski definition) is 7. The third-order valence-corrected chi connectivity index (χ3v) is 5.96. The molecular weight excluding hydrogens is 436 g/mol. The topological polar surface area (TPSA) is 113 Å². The summed E-state index contributed by atoms with van der Waals surface area (Å²) in [7, 11) is 1.48. The summed E-state index contributed by atoms with van der Waals surface area (Å²) in [6.45, 7) is 5.86. The van der Waals surface area contributed by atoms with Gasteiger partial charge in [-0.15, -0.1) is 0 Å². The number of benzene rings is 2. The van der Waals surface area contributed by atoms with Gasteiger partial charge in [0.05, 0.1) is 40.9 Å². The zero-order chi connectivity index (χ0) is 24.1. The maximum atomic E-state index is 12.9. The molecule has 0 aliphatic carbocycles. The predicted octanol–water partition coefficient (Wildman–Crippen LogP) is 2.41. The molecule has 1 aliphatic heterocycles. The van der Waals surface area contributed by atoms with Crippen molar-refractivity contribution in [2.45, 2.75) is 20.3 Å². The van der Waals surface area contributed by atoms with Gasteiger partial charge in [0.25, 0.3) is 11.8 Å². The van der Waals surface area contributed by atoms with E-state index in [0.29, 0.717) is 28.8 Å². The first-order valence-corrected chi connectivity index (χ1v) is 11.7. The molecule has 1 heterocycles. The highest BCUT2D eigenvalue weighted by molar-refractivity contribution is 7.80. The van der Waals surface area contributed by atoms with Crippen LogP contribution in [0.25, 0.3) is 10.8 Å². The molecule has 0 fully saturated rings. The number of ether oxygens (including phenoxy) is 1. The van der Waals surface area contributed by atoms with E-state index in [1.54, 1.807) is 25.3 Å². The Balaban J connectivity index is 0.000000451. The van der Waals surface area contributed by atoms with Gasteiger partial charge < -0.3 is 13.8 Å². The average Bonchev–Trinajstić information content (AvgIpc) is 2.73. The zero-order valence-electron chi connectivity index (χ0n) is 19.1. The SMILES string of the molecule is CCOS(=O)(=O)[O-].CC[N+](C)(C)CCCN1C(=O)c2cccc3c(OC)ccc(c23)C1=O. The van der Waals surface area contributed by atoms with E-state index in [2.05, 4.69) is 25.2 Å². The number of nitrogens with zero attached hydrogens (tertiary/aromatic N) is 2. The molecule has 3 rings (SSSR count). The van der Waals surface area contributed by atoms with Crippen LogP contribution in [0.4, 0.5) is 0 Å². The number of carbonyl (C=O) groups is 2. The van der Waals surface area contributed by atoms with E-state index in [1.807, 2.05) is 12.1 Å². The first-order valence-electron chi connectivity index (χ1n) is 10.3. The number of hydrogen-bond donors (Lipinski definition) is 0. The summed E-state index contributed by atoms with van der Waals surface area (Å²) in [5.74, 6) is 0.257. The van der Waals surface area contributed by atoms with Gasteiger partial charge in [-0.3, -0.25) is 18.7 Å². The number of amides is 2. The zero-order valence-corrected chi connectivity index (χ0v) is 19.9. The second kappa shape index (κ2) is 10.4. The standard InChI is InChI=1S/C20H25N2O3.C2H6O4S/c1-5-22(2,3)13-7-12-21-19(23)15-9-6-8-14-17(25-4)11-10-16(18(14)15)20(21)24;1-2-6-7(3,4)5/h6,8-11H,5,7,12-13H2,1-4H3;2H2,1H3,(H,3,4,5)/q+1;/p-1. The molecule has 176 valence electrons. The van der Waals surface area contributed by atoms with Crippen molar-refractivity contribution in [2.75, 3.05) is 47.4 Å². The lowest BCUT2D eigenvalue weighted by Crippen LogP contribution is -2.44. The molecule has 0 unspecified atom stereocenters. The minimum Gasteiger partial charge on any atom is -0.726 e. The van der Waals surface area contributed by atoms with Crippen LogP contribution in [0.2, 0.25) is 0 Å². The average molecular weight is 467 g/mol. The summed E-state index contributed by atoms with van der Waals surface area (Å²) in [6, 6.07) is 9.08. The second-order valence-electron chi connectivity index (χ2n) is 7.95. The van der Waals surface area contributed by atoms with Crippen molar-refractivity contribution in [1.82, 2.24) is 4.90 Å². The van der Waals surface area contributed by atoms with Gasteiger partial charge in [-0.25, -0.2) is 8.42 Å². The molecule has 0 aromatic heterocycles. The molecule has 0 bridgehead atoms. The number of rotatable bonds is 8. The normalized spacial score (nSPS) is 13.8. The van der Waals surface area contributed by atoms with Crippen molar-refractivity contribution >= 4 is 33.0 Å². The third-order valence-electron chi connectivity index (χ3n) is 5.44. The summed E-state index contributed by atoms with van der Waals surface area (Å²) < 4.78 is 38.3. The fraction of sp³-hybridized carbons (Fsp3) is 0.455. The molecule has 10 heteroatoms. The fourth-order valence-corrected chi connectivity index (χ4v) is 3.75. The van der Waals surface area contributed by atoms with Gasteiger partial charge >= 0.3 is 0 Å². The molecule has 2 amide bonds. The van der Waals surface area contributed by atoms with Gasteiger partial charge in [-0.1, -0.05) is 12.1 Å². The molecule has 2 aromatic carbocycles. The smallest absolute Gasteiger partial charge is 0.261 e. The quantitative estimate of drug-likeness (QED) is 0.254. The van der Waals surface area contributed by atoms with Gasteiger partial charge in [0, 0.05) is 34.9 Å². The Labute approximate surface area is 189 Å². The summed E-state index contributed by atoms with van der Waals surface area (Å²) in [5.41, 5.74) is 1.16. The van der Waals surface area contributed by atoms with Gasteiger partial charge in [0.1, 0.15) is 5.75 Å². The number of methoxy groups -OCH3 is 1. The molecule has 2 aromatic rings. The Morgan fingerprint density at radius 1 is 1.03 bits per heavy atom. The molecule has 1 aliphatic rings. The van der Waals surface area contributed by atoms with E-state index >= 15 is 0 Å². The Hall–Kier alpha value is -2.53. The number of carbonyl (C=O) groups excluding carboxylic acids is 2. The Kier molecular flexibility index (Phi) is 8.35. The number of imide groups is 1. The van der Waals surface area contributed by atoms with E-state index in [4.69, 9.17) is 4.74 Å². The van der Waals surface area contributed by atoms with Crippen LogP contribution in [-0.4, -0.2) is 81.6 Å². The highest BCUT2D eigenvalue weighted by atomic mass is 32.3. The third kappa shape index (κ3) is 6.04. The van der Waals surface area contributed by atoms with Crippen LogP contribution in [0.15, 0.2) is 30.3 Å². The first-order chi connectivity index (χ1) is 15.0. The predicted molar refractivity (Wildman–Crippen MR) is 119 cm³/mol. The van der Waals surface area contributed by atoms with E-state index < -0.39 is 10.4 Å². The van der Waals surface area contributed by atoms with Gasteiger partial charge in [-0.05, 0) is 32.0 Å². The van der Waals surface area contributed by atoms with E-state index in [1.165, 1.54) is 11.8 Å². The van der Waals surface area contributed by atoms with E-state index in [-0.39, 0.29) is 18.4 Å². The summed E-state index contributed by atoms with van der Waals surface area (Å²) >= 11 is 0. The molecule has 0 radical (unpaired) electrons. The molecule has 0 N–H and O–H groups in total. The van der Waals surface area contributed by atoms with Crippen LogP contribution in [0.1, 0.15) is 41.0 Å². The maximum absolute atomic E-state index is 12.9. The molecular formula is C22H30N2O7S. The lowest BCUT2D eigenvalue weighted by Gasteiger charge is -2.31. The van der Waals surface area contributed by atoms with Gasteiger partial charge in [0.15, 0.2) is 0 Å². The molecule has 32 heavy (non-hydrogen) atoms. The lowest BCUT2D eigenvalue weighted by molar-refractivity contribution is -0.888. The summed E-state index contributed by atoms with van der Waals surface area (Å²) in [6.07, 6.45) is 0.791. The molecule has 0 saturated carbocycles. The summed E-state index contributed by atoms with van der Waals surface area (Å²) in [5, 5.41) is 1.51. The molecule has 0 spiro atoms. The van der Waals surface area contributed by atoms with Crippen molar-refractivity contribution in [2.24, 2.45) is 0 Å². The van der Waals surface area contributed by atoms with Crippen molar-refractivity contribution < 1.29 is 36.0 Å².